The molecule has 1 fully saturated rings. The summed E-state index contributed by atoms with van der Waals surface area (Å²) in [5, 5.41) is 0.454. The van der Waals surface area contributed by atoms with Gasteiger partial charge >= 0.3 is 0 Å². The lowest BCUT2D eigenvalue weighted by atomic mass is 10.2. The van der Waals surface area contributed by atoms with Crippen molar-refractivity contribution in [2.24, 2.45) is 0 Å². The fourth-order valence-corrected chi connectivity index (χ4v) is 4.14. The van der Waals surface area contributed by atoms with Crippen LogP contribution in [-0.4, -0.2) is 43.2 Å². The summed E-state index contributed by atoms with van der Waals surface area (Å²) in [5.74, 6) is 0.449. The molecule has 0 saturated heterocycles. The van der Waals surface area contributed by atoms with Crippen molar-refractivity contribution < 1.29 is 17.6 Å². The summed E-state index contributed by atoms with van der Waals surface area (Å²) in [7, 11) is -2.36. The second-order valence-corrected chi connectivity index (χ2v) is 8.92. The number of hydrogen-bond acceptors (Lipinski definition) is 4. The van der Waals surface area contributed by atoms with Crippen molar-refractivity contribution in [2.45, 2.75) is 36.7 Å². The zero-order valence-electron chi connectivity index (χ0n) is 14.6. The number of rotatable bonds is 7. The summed E-state index contributed by atoms with van der Waals surface area (Å²) >= 11 is 5.81. The average molecular weight is 397 g/mol. The Hall–Kier alpha value is -1.83. The Morgan fingerprint density at radius 3 is 2.46 bits per heavy atom. The summed E-state index contributed by atoms with van der Waals surface area (Å²) in [6, 6.07) is 9.39. The van der Waals surface area contributed by atoms with Gasteiger partial charge in [-0.25, -0.2) is 8.42 Å². The summed E-state index contributed by atoms with van der Waals surface area (Å²) in [6.45, 7) is 1.66. The zero-order chi connectivity index (χ0) is 18.9. The van der Waals surface area contributed by atoms with Crippen molar-refractivity contribution in [3.8, 4) is 0 Å². The molecule has 2 aromatic rings. The Balaban J connectivity index is 1.75. The molecule has 1 aromatic heterocycles. The van der Waals surface area contributed by atoms with Gasteiger partial charge in [0.2, 0.25) is 15.9 Å². The van der Waals surface area contributed by atoms with E-state index in [0.29, 0.717) is 10.8 Å². The van der Waals surface area contributed by atoms with E-state index in [4.69, 9.17) is 16.0 Å². The van der Waals surface area contributed by atoms with Gasteiger partial charge in [-0.1, -0.05) is 11.6 Å². The number of likely N-dealkylation sites (N-methyl/N-ethyl adjacent to an activating group) is 1. The van der Waals surface area contributed by atoms with Crippen molar-refractivity contribution >= 4 is 27.5 Å². The van der Waals surface area contributed by atoms with Crippen molar-refractivity contribution in [2.75, 3.05) is 13.6 Å². The van der Waals surface area contributed by atoms with Crippen LogP contribution in [0, 0.1) is 0 Å². The van der Waals surface area contributed by atoms with Crippen LogP contribution in [-0.2, 0) is 14.8 Å². The van der Waals surface area contributed by atoms with Gasteiger partial charge in [-0.15, -0.1) is 0 Å². The van der Waals surface area contributed by atoms with Crippen LogP contribution in [0.3, 0.4) is 0 Å². The number of furan rings is 1. The number of hydrogen-bond donors (Lipinski definition) is 0. The van der Waals surface area contributed by atoms with Gasteiger partial charge in [-0.2, -0.15) is 4.31 Å². The van der Waals surface area contributed by atoms with Crippen LogP contribution < -0.4 is 0 Å². The van der Waals surface area contributed by atoms with Crippen LogP contribution in [0.1, 0.15) is 31.6 Å². The number of carbonyl (C=O) groups is 1. The number of amides is 1. The van der Waals surface area contributed by atoms with Crippen molar-refractivity contribution in [1.29, 1.82) is 0 Å². The maximum atomic E-state index is 12.9. The van der Waals surface area contributed by atoms with Crippen LogP contribution in [0.15, 0.2) is 52.0 Å². The van der Waals surface area contributed by atoms with Crippen LogP contribution in [0.2, 0.25) is 5.02 Å². The largest absolute Gasteiger partial charge is 0.467 e. The first-order valence-electron chi connectivity index (χ1n) is 8.37. The molecule has 0 radical (unpaired) electrons. The van der Waals surface area contributed by atoms with E-state index >= 15 is 0 Å². The zero-order valence-corrected chi connectivity index (χ0v) is 16.2. The molecule has 8 heteroatoms. The molecule has 1 aliphatic carbocycles. The van der Waals surface area contributed by atoms with Crippen molar-refractivity contribution in [3.05, 3.63) is 53.4 Å². The molecule has 6 nitrogen and oxygen atoms in total. The van der Waals surface area contributed by atoms with Gasteiger partial charge < -0.3 is 9.32 Å². The molecule has 1 heterocycles. The number of benzene rings is 1. The minimum absolute atomic E-state index is 0.106. The second kappa shape index (κ2) is 7.42. The number of carbonyl (C=O) groups excluding carboxylic acids is 1. The predicted molar refractivity (Wildman–Crippen MR) is 98.3 cm³/mol. The molecule has 140 valence electrons. The van der Waals surface area contributed by atoms with E-state index < -0.39 is 10.0 Å². The lowest BCUT2D eigenvalue weighted by molar-refractivity contribution is -0.134. The number of halogens is 1. The molecule has 1 unspecified atom stereocenters. The molecule has 1 saturated carbocycles. The van der Waals surface area contributed by atoms with E-state index in [1.807, 2.05) is 13.0 Å². The third-order valence-corrected chi connectivity index (χ3v) is 6.55. The van der Waals surface area contributed by atoms with Gasteiger partial charge in [0.15, 0.2) is 0 Å². The third-order valence-electron chi connectivity index (χ3n) is 4.48. The van der Waals surface area contributed by atoms with E-state index in [1.54, 1.807) is 17.2 Å². The van der Waals surface area contributed by atoms with Crippen molar-refractivity contribution in [1.82, 2.24) is 9.21 Å². The molecular weight excluding hydrogens is 376 g/mol. The number of nitrogens with zero attached hydrogens (tertiary/aromatic N) is 2. The monoisotopic (exact) mass is 396 g/mol. The Morgan fingerprint density at radius 2 is 1.92 bits per heavy atom. The molecule has 1 aromatic carbocycles. The van der Waals surface area contributed by atoms with E-state index in [1.165, 1.54) is 31.3 Å². The normalized spacial score (nSPS) is 15.8. The van der Waals surface area contributed by atoms with Gasteiger partial charge in [-0.3, -0.25) is 4.79 Å². The third kappa shape index (κ3) is 3.95. The van der Waals surface area contributed by atoms with Crippen LogP contribution in [0.5, 0.6) is 0 Å². The Bertz CT molecular complexity index is 861. The van der Waals surface area contributed by atoms with E-state index in [0.717, 1.165) is 17.1 Å². The maximum absolute atomic E-state index is 12.9. The minimum Gasteiger partial charge on any atom is -0.467 e. The molecular formula is C18H21ClN2O4S. The van der Waals surface area contributed by atoms with Crippen molar-refractivity contribution in [3.63, 3.8) is 0 Å². The molecule has 1 amide bonds. The van der Waals surface area contributed by atoms with Gasteiger partial charge in [0.25, 0.3) is 0 Å². The highest BCUT2D eigenvalue weighted by atomic mass is 35.5. The summed E-state index contributed by atoms with van der Waals surface area (Å²) in [5.41, 5.74) is 0. The Labute approximate surface area is 158 Å². The smallest absolute Gasteiger partial charge is 0.243 e. The lowest BCUT2D eigenvalue weighted by Gasteiger charge is -2.29. The molecule has 0 spiro atoms. The van der Waals surface area contributed by atoms with Crippen LogP contribution in [0.4, 0.5) is 0 Å². The second-order valence-electron chi connectivity index (χ2n) is 6.44. The van der Waals surface area contributed by atoms with Gasteiger partial charge in [-0.05, 0) is 56.2 Å². The fourth-order valence-electron chi connectivity index (χ4n) is 2.90. The van der Waals surface area contributed by atoms with Gasteiger partial charge in [0, 0.05) is 18.1 Å². The predicted octanol–water partition coefficient (Wildman–Crippen LogP) is 3.31. The maximum Gasteiger partial charge on any atom is 0.243 e. The highest BCUT2D eigenvalue weighted by Gasteiger charge is 2.38. The molecule has 0 aliphatic heterocycles. The van der Waals surface area contributed by atoms with Crippen LogP contribution >= 0.6 is 11.6 Å². The first-order chi connectivity index (χ1) is 12.3. The van der Waals surface area contributed by atoms with Gasteiger partial charge in [0.05, 0.1) is 23.7 Å². The van der Waals surface area contributed by atoms with Crippen LogP contribution in [0.25, 0.3) is 0 Å². The minimum atomic E-state index is -3.77. The fraction of sp³-hybridized carbons (Fsp3) is 0.389. The Kier molecular flexibility index (Phi) is 5.41. The van der Waals surface area contributed by atoms with E-state index in [2.05, 4.69) is 0 Å². The first kappa shape index (κ1) is 18.9. The molecule has 0 bridgehead atoms. The molecule has 3 rings (SSSR count). The molecule has 1 atom stereocenters. The standard InChI is InChI=1S/C18H21ClN2O4S/c1-13(17-4-3-11-25-17)21(15-7-8-15)18(22)12-20(2)26(23,24)16-9-5-14(19)6-10-16/h3-6,9-11,13,15H,7-8,12H2,1-2H3. The highest BCUT2D eigenvalue weighted by Crippen LogP contribution is 2.34. The lowest BCUT2D eigenvalue weighted by Crippen LogP contribution is -2.43. The van der Waals surface area contributed by atoms with Gasteiger partial charge in [0.1, 0.15) is 5.76 Å². The van der Waals surface area contributed by atoms with E-state index in [9.17, 15) is 13.2 Å². The quantitative estimate of drug-likeness (QED) is 0.719. The summed E-state index contributed by atoms with van der Waals surface area (Å²) < 4.78 is 31.8. The van der Waals surface area contributed by atoms with E-state index in [-0.39, 0.29) is 29.4 Å². The summed E-state index contributed by atoms with van der Waals surface area (Å²) in [4.78, 5) is 14.7. The SMILES string of the molecule is CC(c1ccco1)N(C(=O)CN(C)S(=O)(=O)c1ccc(Cl)cc1)C1CC1. The highest BCUT2D eigenvalue weighted by molar-refractivity contribution is 7.89. The Morgan fingerprint density at radius 1 is 1.27 bits per heavy atom. The summed E-state index contributed by atoms with van der Waals surface area (Å²) in [6.07, 6.45) is 3.41. The topological polar surface area (TPSA) is 70.8 Å². The number of sulfonamides is 1. The first-order valence-corrected chi connectivity index (χ1v) is 10.2. The average Bonchev–Trinajstić information content (AvgIpc) is 3.26. The molecule has 1 aliphatic rings. The molecule has 0 N–H and O–H groups in total. The molecule has 26 heavy (non-hydrogen) atoms.